The first kappa shape index (κ1) is 13.2. The molecule has 0 bridgehead atoms. The van der Waals surface area contributed by atoms with Gasteiger partial charge in [0, 0.05) is 19.8 Å². The zero-order chi connectivity index (χ0) is 12.7. The third kappa shape index (κ3) is 3.58. The normalized spacial score (nSPS) is 9.35. The van der Waals surface area contributed by atoms with Gasteiger partial charge in [0.2, 0.25) is 0 Å². The number of carbonyl (C=O) groups is 1. The van der Waals surface area contributed by atoms with Crippen LogP contribution in [0.4, 0.5) is 0 Å². The average molecular weight is 231 g/mol. The number of nitrogens with zero attached hydrogens (tertiary/aromatic N) is 2. The van der Waals surface area contributed by atoms with Crippen LogP contribution in [0.3, 0.4) is 0 Å². The maximum absolute atomic E-state index is 12.1. The maximum atomic E-state index is 12.1. The Kier molecular flexibility index (Phi) is 5.18. The Bertz CT molecular complexity index is 445. The highest BCUT2D eigenvalue weighted by Gasteiger charge is 2.15. The summed E-state index contributed by atoms with van der Waals surface area (Å²) >= 11 is 0. The SMILES string of the molecule is CCCN(C)C(=O)c1ncccc1C#CCN. The minimum atomic E-state index is -0.103. The van der Waals surface area contributed by atoms with Gasteiger partial charge in [0.15, 0.2) is 0 Å². The molecule has 0 saturated heterocycles. The van der Waals surface area contributed by atoms with Crippen LogP contribution in [0.15, 0.2) is 18.3 Å². The second-order valence-corrected chi connectivity index (χ2v) is 3.63. The molecule has 0 aliphatic rings. The Morgan fingerprint density at radius 2 is 2.35 bits per heavy atom. The van der Waals surface area contributed by atoms with Gasteiger partial charge in [-0.1, -0.05) is 18.8 Å². The van der Waals surface area contributed by atoms with Gasteiger partial charge in [0.05, 0.1) is 12.1 Å². The van der Waals surface area contributed by atoms with Crippen molar-refractivity contribution in [1.29, 1.82) is 0 Å². The first-order valence-corrected chi connectivity index (χ1v) is 5.60. The minimum absolute atomic E-state index is 0.103. The number of aromatic nitrogens is 1. The largest absolute Gasteiger partial charge is 0.340 e. The Morgan fingerprint density at radius 1 is 1.59 bits per heavy atom. The summed E-state index contributed by atoms with van der Waals surface area (Å²) in [4.78, 5) is 17.8. The lowest BCUT2D eigenvalue weighted by atomic mass is 10.1. The summed E-state index contributed by atoms with van der Waals surface area (Å²) in [6.45, 7) is 3.00. The van der Waals surface area contributed by atoms with Crippen molar-refractivity contribution in [3.63, 3.8) is 0 Å². The molecule has 4 heteroatoms. The van der Waals surface area contributed by atoms with Gasteiger partial charge in [-0.25, -0.2) is 4.98 Å². The van der Waals surface area contributed by atoms with Crippen molar-refractivity contribution in [1.82, 2.24) is 9.88 Å². The smallest absolute Gasteiger partial charge is 0.273 e. The van der Waals surface area contributed by atoms with Crippen molar-refractivity contribution in [3.8, 4) is 11.8 Å². The van der Waals surface area contributed by atoms with E-state index in [9.17, 15) is 4.79 Å². The fourth-order valence-electron chi connectivity index (χ4n) is 1.44. The molecule has 1 aromatic rings. The number of pyridine rings is 1. The summed E-state index contributed by atoms with van der Waals surface area (Å²) in [6, 6.07) is 3.54. The van der Waals surface area contributed by atoms with E-state index in [0.29, 0.717) is 17.8 Å². The van der Waals surface area contributed by atoms with Crippen molar-refractivity contribution in [3.05, 3.63) is 29.6 Å². The maximum Gasteiger partial charge on any atom is 0.273 e. The van der Waals surface area contributed by atoms with Gasteiger partial charge in [-0.05, 0) is 18.6 Å². The predicted octanol–water partition coefficient (Wildman–Crippen LogP) is 0.874. The summed E-state index contributed by atoms with van der Waals surface area (Å²) in [5, 5.41) is 0. The Morgan fingerprint density at radius 3 is 3.00 bits per heavy atom. The van der Waals surface area contributed by atoms with E-state index in [-0.39, 0.29) is 12.5 Å². The molecular weight excluding hydrogens is 214 g/mol. The van der Waals surface area contributed by atoms with Crippen LogP contribution >= 0.6 is 0 Å². The number of carbonyl (C=O) groups excluding carboxylic acids is 1. The standard InChI is InChI=1S/C13H17N3O/c1-3-10-16(2)13(17)12-11(6-4-8-14)7-5-9-15-12/h5,7,9H,3,8,10,14H2,1-2H3. The lowest BCUT2D eigenvalue weighted by Crippen LogP contribution is -2.28. The third-order valence-corrected chi connectivity index (χ3v) is 2.24. The van der Waals surface area contributed by atoms with Gasteiger partial charge in [-0.15, -0.1) is 0 Å². The van der Waals surface area contributed by atoms with Crippen LogP contribution in [0, 0.1) is 11.8 Å². The van der Waals surface area contributed by atoms with E-state index in [1.807, 2.05) is 6.92 Å². The summed E-state index contributed by atoms with van der Waals surface area (Å²) in [5.74, 6) is 5.50. The van der Waals surface area contributed by atoms with Crippen LogP contribution in [-0.4, -0.2) is 35.9 Å². The molecule has 0 spiro atoms. The van der Waals surface area contributed by atoms with E-state index >= 15 is 0 Å². The highest BCUT2D eigenvalue weighted by molar-refractivity contribution is 5.94. The summed E-state index contributed by atoms with van der Waals surface area (Å²) in [7, 11) is 1.76. The number of hydrogen-bond donors (Lipinski definition) is 1. The first-order chi connectivity index (χ1) is 8.20. The molecule has 0 radical (unpaired) electrons. The molecule has 0 aliphatic carbocycles. The van der Waals surface area contributed by atoms with Gasteiger partial charge < -0.3 is 10.6 Å². The van der Waals surface area contributed by atoms with Gasteiger partial charge >= 0.3 is 0 Å². The lowest BCUT2D eigenvalue weighted by Gasteiger charge is -2.15. The molecule has 0 saturated carbocycles. The second kappa shape index (κ2) is 6.66. The number of rotatable bonds is 3. The highest BCUT2D eigenvalue weighted by atomic mass is 16.2. The molecule has 0 aromatic carbocycles. The quantitative estimate of drug-likeness (QED) is 0.785. The molecule has 1 amide bonds. The molecule has 90 valence electrons. The number of hydrogen-bond acceptors (Lipinski definition) is 3. The molecule has 0 unspecified atom stereocenters. The van der Waals surface area contributed by atoms with Crippen LogP contribution < -0.4 is 5.73 Å². The molecule has 1 aromatic heterocycles. The van der Waals surface area contributed by atoms with E-state index in [0.717, 1.165) is 6.42 Å². The topological polar surface area (TPSA) is 59.2 Å². The van der Waals surface area contributed by atoms with Crippen molar-refractivity contribution >= 4 is 5.91 Å². The van der Waals surface area contributed by atoms with Crippen LogP contribution in [0.25, 0.3) is 0 Å². The monoisotopic (exact) mass is 231 g/mol. The zero-order valence-corrected chi connectivity index (χ0v) is 10.2. The van der Waals surface area contributed by atoms with Gasteiger partial charge in [0.25, 0.3) is 5.91 Å². The zero-order valence-electron chi connectivity index (χ0n) is 10.2. The van der Waals surface area contributed by atoms with Crippen LogP contribution in [0.2, 0.25) is 0 Å². The molecule has 0 atom stereocenters. The fourth-order valence-corrected chi connectivity index (χ4v) is 1.44. The summed E-state index contributed by atoms with van der Waals surface area (Å²) in [6.07, 6.45) is 2.51. The van der Waals surface area contributed by atoms with Gasteiger partial charge in [0.1, 0.15) is 5.69 Å². The fraction of sp³-hybridized carbons (Fsp3) is 0.385. The summed E-state index contributed by atoms with van der Waals surface area (Å²) < 4.78 is 0. The highest BCUT2D eigenvalue weighted by Crippen LogP contribution is 2.07. The van der Waals surface area contributed by atoms with E-state index in [4.69, 9.17) is 5.73 Å². The van der Waals surface area contributed by atoms with Crippen molar-refractivity contribution in [2.24, 2.45) is 5.73 Å². The van der Waals surface area contributed by atoms with E-state index < -0.39 is 0 Å². The predicted molar refractivity (Wildman–Crippen MR) is 67.4 cm³/mol. The van der Waals surface area contributed by atoms with E-state index in [2.05, 4.69) is 16.8 Å². The molecule has 4 nitrogen and oxygen atoms in total. The van der Waals surface area contributed by atoms with Crippen LogP contribution in [-0.2, 0) is 0 Å². The lowest BCUT2D eigenvalue weighted by molar-refractivity contribution is 0.0789. The molecule has 0 aliphatic heterocycles. The molecule has 1 heterocycles. The Hall–Kier alpha value is -1.86. The third-order valence-electron chi connectivity index (χ3n) is 2.24. The van der Waals surface area contributed by atoms with E-state index in [1.165, 1.54) is 0 Å². The molecule has 17 heavy (non-hydrogen) atoms. The molecule has 0 fully saturated rings. The number of nitrogens with two attached hydrogens (primary N) is 1. The minimum Gasteiger partial charge on any atom is -0.340 e. The van der Waals surface area contributed by atoms with Crippen molar-refractivity contribution in [2.45, 2.75) is 13.3 Å². The van der Waals surface area contributed by atoms with Crippen molar-refractivity contribution < 1.29 is 4.79 Å². The summed E-state index contributed by atoms with van der Waals surface area (Å²) in [5.41, 5.74) is 6.34. The van der Waals surface area contributed by atoms with Gasteiger partial charge in [-0.2, -0.15) is 0 Å². The first-order valence-electron chi connectivity index (χ1n) is 5.60. The van der Waals surface area contributed by atoms with Crippen LogP contribution in [0.1, 0.15) is 29.4 Å². The molecule has 2 N–H and O–H groups in total. The average Bonchev–Trinajstić information content (AvgIpc) is 2.36. The van der Waals surface area contributed by atoms with Crippen molar-refractivity contribution in [2.75, 3.05) is 20.1 Å². The molecule has 1 rings (SSSR count). The Labute approximate surface area is 102 Å². The number of amides is 1. The second-order valence-electron chi connectivity index (χ2n) is 3.63. The van der Waals surface area contributed by atoms with Gasteiger partial charge in [-0.3, -0.25) is 4.79 Å². The van der Waals surface area contributed by atoms with Crippen LogP contribution in [0.5, 0.6) is 0 Å². The Balaban J connectivity index is 3.00. The van der Waals surface area contributed by atoms with E-state index in [1.54, 1.807) is 30.3 Å². The molecular formula is C13H17N3O.